The predicted molar refractivity (Wildman–Crippen MR) is 123 cm³/mol. The predicted octanol–water partition coefficient (Wildman–Crippen LogP) is 6.68. The smallest absolute Gasteiger partial charge is 0.231 e. The van der Waals surface area contributed by atoms with E-state index in [2.05, 4.69) is 0 Å². The highest BCUT2D eigenvalue weighted by Crippen LogP contribution is 2.36. The Balaban J connectivity index is 1.39. The summed E-state index contributed by atoms with van der Waals surface area (Å²) in [5.41, 5.74) is 3.36. The fourth-order valence-electron chi connectivity index (χ4n) is 3.69. The van der Waals surface area contributed by atoms with Gasteiger partial charge in [-0.15, -0.1) is 0 Å². The minimum absolute atomic E-state index is 0.143. The molecule has 4 nitrogen and oxygen atoms in total. The molecule has 1 aromatic heterocycles. The number of hydrogen-bond donors (Lipinski definition) is 0. The molecular weight excluding hydrogens is 433 g/mol. The molecule has 0 saturated carbocycles. The van der Waals surface area contributed by atoms with Gasteiger partial charge in [-0.05, 0) is 36.4 Å². The molecule has 0 unspecified atom stereocenters. The number of allylic oxidation sites excluding steroid dienone is 1. The number of benzene rings is 3. The second kappa shape index (κ2) is 7.80. The van der Waals surface area contributed by atoms with Crippen LogP contribution in [-0.2, 0) is 13.7 Å². The van der Waals surface area contributed by atoms with E-state index in [0.717, 1.165) is 22.0 Å². The molecule has 2 heterocycles. The van der Waals surface area contributed by atoms with Crippen LogP contribution in [0.5, 0.6) is 11.5 Å². The first-order valence-electron chi connectivity index (χ1n) is 9.69. The molecule has 4 aromatic rings. The summed E-state index contributed by atoms with van der Waals surface area (Å²) >= 11 is 12.1. The van der Waals surface area contributed by atoms with E-state index >= 15 is 0 Å². The molecule has 3 aromatic carbocycles. The van der Waals surface area contributed by atoms with Crippen molar-refractivity contribution in [1.29, 1.82) is 0 Å². The molecule has 0 saturated heterocycles. The van der Waals surface area contributed by atoms with Gasteiger partial charge in [0, 0.05) is 51.4 Å². The minimum atomic E-state index is -0.143. The van der Waals surface area contributed by atoms with Crippen LogP contribution in [0.25, 0.3) is 17.0 Å². The number of aromatic nitrogens is 1. The van der Waals surface area contributed by atoms with E-state index in [1.807, 2.05) is 48.1 Å². The summed E-state index contributed by atoms with van der Waals surface area (Å²) in [5.74, 6) is 1.22. The van der Waals surface area contributed by atoms with Crippen LogP contribution in [0.2, 0.25) is 10.0 Å². The Hall–Kier alpha value is -3.21. The van der Waals surface area contributed by atoms with E-state index in [0.29, 0.717) is 32.9 Å². The lowest BCUT2D eigenvalue weighted by Crippen LogP contribution is -1.98. The fourth-order valence-corrected chi connectivity index (χ4v) is 4.15. The van der Waals surface area contributed by atoms with Gasteiger partial charge >= 0.3 is 0 Å². The van der Waals surface area contributed by atoms with Crippen molar-refractivity contribution in [2.75, 3.05) is 0 Å². The largest absolute Gasteiger partial charge is 0.489 e. The molecule has 0 aliphatic carbocycles. The van der Waals surface area contributed by atoms with Crippen molar-refractivity contribution >= 4 is 46.0 Å². The van der Waals surface area contributed by atoms with E-state index in [4.69, 9.17) is 32.7 Å². The zero-order valence-corrected chi connectivity index (χ0v) is 18.1. The van der Waals surface area contributed by atoms with E-state index in [1.165, 1.54) is 0 Å². The van der Waals surface area contributed by atoms with Crippen LogP contribution in [0, 0.1) is 0 Å². The summed E-state index contributed by atoms with van der Waals surface area (Å²) in [6.45, 7) is 0.279. The molecule has 31 heavy (non-hydrogen) atoms. The standard InChI is InChI=1S/C25H17Cl2NO3/c1-28-13-16(19-4-2-3-5-22(19)28)10-24-25(29)20-9-8-18(12-23(20)31-24)30-14-15-6-7-17(26)11-21(15)27/h2-13H,14H2,1H3/b24-10+. The molecule has 1 aliphatic heterocycles. The van der Waals surface area contributed by atoms with Crippen molar-refractivity contribution in [3.63, 3.8) is 0 Å². The third-order valence-corrected chi connectivity index (χ3v) is 5.85. The maximum atomic E-state index is 12.8. The number of carbonyl (C=O) groups is 1. The van der Waals surface area contributed by atoms with Crippen molar-refractivity contribution in [3.05, 3.63) is 99.4 Å². The van der Waals surface area contributed by atoms with Gasteiger partial charge in [-0.1, -0.05) is 47.5 Å². The first-order chi connectivity index (χ1) is 15.0. The summed E-state index contributed by atoms with van der Waals surface area (Å²) in [4.78, 5) is 12.8. The Kier molecular flexibility index (Phi) is 4.97. The van der Waals surface area contributed by atoms with E-state index < -0.39 is 0 Å². The number of aryl methyl sites for hydroxylation is 1. The molecule has 154 valence electrons. The Labute approximate surface area is 189 Å². The van der Waals surface area contributed by atoms with Gasteiger partial charge in [0.1, 0.15) is 18.1 Å². The number of para-hydroxylation sites is 1. The van der Waals surface area contributed by atoms with Crippen LogP contribution in [0.15, 0.2) is 72.6 Å². The van der Waals surface area contributed by atoms with E-state index in [9.17, 15) is 4.79 Å². The molecule has 0 atom stereocenters. The number of ketones is 1. The number of ether oxygens (including phenoxy) is 2. The van der Waals surface area contributed by atoms with Crippen LogP contribution in [0.3, 0.4) is 0 Å². The number of nitrogens with zero attached hydrogens (tertiary/aromatic N) is 1. The number of hydrogen-bond acceptors (Lipinski definition) is 3. The van der Waals surface area contributed by atoms with Crippen molar-refractivity contribution in [1.82, 2.24) is 4.57 Å². The number of rotatable bonds is 4. The Morgan fingerprint density at radius 3 is 2.74 bits per heavy atom. The zero-order valence-electron chi connectivity index (χ0n) is 16.6. The van der Waals surface area contributed by atoms with Gasteiger partial charge in [-0.25, -0.2) is 0 Å². The average molecular weight is 450 g/mol. The van der Waals surface area contributed by atoms with Gasteiger partial charge in [-0.2, -0.15) is 0 Å². The molecule has 0 bridgehead atoms. The highest BCUT2D eigenvalue weighted by molar-refractivity contribution is 6.35. The monoisotopic (exact) mass is 449 g/mol. The molecule has 0 radical (unpaired) electrons. The van der Waals surface area contributed by atoms with Gasteiger partial charge in [0.15, 0.2) is 5.76 Å². The van der Waals surface area contributed by atoms with Gasteiger partial charge in [-0.3, -0.25) is 4.79 Å². The average Bonchev–Trinajstić information content (AvgIpc) is 3.24. The fraction of sp³-hybridized carbons (Fsp3) is 0.0800. The molecule has 0 spiro atoms. The Bertz CT molecular complexity index is 1370. The number of fused-ring (bicyclic) bond motifs is 2. The molecule has 0 N–H and O–H groups in total. The first kappa shape index (κ1) is 19.7. The zero-order chi connectivity index (χ0) is 21.5. The van der Waals surface area contributed by atoms with Crippen LogP contribution in [0.4, 0.5) is 0 Å². The molecule has 6 heteroatoms. The van der Waals surface area contributed by atoms with Crippen molar-refractivity contribution in [2.45, 2.75) is 6.61 Å². The van der Waals surface area contributed by atoms with Crippen LogP contribution < -0.4 is 9.47 Å². The van der Waals surface area contributed by atoms with Crippen molar-refractivity contribution < 1.29 is 14.3 Å². The van der Waals surface area contributed by atoms with Gasteiger partial charge in [0.25, 0.3) is 0 Å². The third-order valence-electron chi connectivity index (χ3n) is 5.27. The van der Waals surface area contributed by atoms with Crippen LogP contribution in [0.1, 0.15) is 21.5 Å². The SMILES string of the molecule is Cn1cc(/C=C2/Oc3cc(OCc4ccc(Cl)cc4Cl)ccc3C2=O)c2ccccc21. The Morgan fingerprint density at radius 2 is 1.90 bits per heavy atom. The van der Waals surface area contributed by atoms with Gasteiger partial charge in [0.2, 0.25) is 5.78 Å². The van der Waals surface area contributed by atoms with Crippen molar-refractivity contribution in [2.24, 2.45) is 7.05 Å². The first-order valence-corrected chi connectivity index (χ1v) is 10.4. The van der Waals surface area contributed by atoms with E-state index in [-0.39, 0.29) is 12.4 Å². The highest BCUT2D eigenvalue weighted by atomic mass is 35.5. The van der Waals surface area contributed by atoms with E-state index in [1.54, 1.807) is 36.4 Å². The summed E-state index contributed by atoms with van der Waals surface area (Å²) in [6, 6.07) is 18.5. The maximum Gasteiger partial charge on any atom is 0.231 e. The van der Waals surface area contributed by atoms with Crippen LogP contribution in [-0.4, -0.2) is 10.4 Å². The normalized spacial score (nSPS) is 14.2. The third kappa shape index (κ3) is 3.69. The second-order valence-electron chi connectivity index (χ2n) is 7.33. The molecule has 0 fully saturated rings. The lowest BCUT2D eigenvalue weighted by atomic mass is 10.1. The van der Waals surface area contributed by atoms with Crippen molar-refractivity contribution in [3.8, 4) is 11.5 Å². The van der Waals surface area contributed by atoms with Crippen LogP contribution >= 0.6 is 23.2 Å². The molecule has 5 rings (SSSR count). The number of carbonyl (C=O) groups excluding carboxylic acids is 1. The molecule has 0 amide bonds. The molecule has 1 aliphatic rings. The maximum absolute atomic E-state index is 12.8. The summed E-state index contributed by atoms with van der Waals surface area (Å²) in [6.07, 6.45) is 3.78. The topological polar surface area (TPSA) is 40.5 Å². The van der Waals surface area contributed by atoms with Gasteiger partial charge in [0.05, 0.1) is 5.56 Å². The molecular formula is C25H17Cl2NO3. The number of halogens is 2. The minimum Gasteiger partial charge on any atom is -0.489 e. The second-order valence-corrected chi connectivity index (χ2v) is 8.18. The quantitative estimate of drug-likeness (QED) is 0.326. The Morgan fingerprint density at radius 1 is 1.06 bits per heavy atom. The lowest BCUT2D eigenvalue weighted by Gasteiger charge is -2.09. The summed E-state index contributed by atoms with van der Waals surface area (Å²) in [5, 5.41) is 2.18. The van der Waals surface area contributed by atoms with Gasteiger partial charge < -0.3 is 14.0 Å². The lowest BCUT2D eigenvalue weighted by molar-refractivity contribution is 0.101. The summed E-state index contributed by atoms with van der Waals surface area (Å²) in [7, 11) is 1.98. The summed E-state index contributed by atoms with van der Waals surface area (Å²) < 4.78 is 13.8. The highest BCUT2D eigenvalue weighted by Gasteiger charge is 2.28. The number of Topliss-reactive ketones (excluding diaryl/α,β-unsaturated/α-hetero) is 1.